The molecule has 5 nitrogen and oxygen atoms in total. The predicted molar refractivity (Wildman–Crippen MR) is 135 cm³/mol. The normalized spacial score (nSPS) is 24.6. The summed E-state index contributed by atoms with van der Waals surface area (Å²) in [5, 5.41) is 3.58. The second kappa shape index (κ2) is 10.2. The first kappa shape index (κ1) is 23.1. The van der Waals surface area contributed by atoms with Gasteiger partial charge in [-0.3, -0.25) is 4.79 Å². The van der Waals surface area contributed by atoms with Crippen molar-refractivity contribution in [1.29, 1.82) is 0 Å². The number of thioether (sulfide) groups is 1. The van der Waals surface area contributed by atoms with Gasteiger partial charge in [0, 0.05) is 16.2 Å². The molecular weight excluding hydrogens is 488 g/mol. The van der Waals surface area contributed by atoms with Gasteiger partial charge in [0.15, 0.2) is 17.0 Å². The highest BCUT2D eigenvalue weighted by atomic mass is 79.9. The molecule has 2 aromatic carbocycles. The summed E-state index contributed by atoms with van der Waals surface area (Å²) >= 11 is 5.20. The number of hydrogen-bond acceptors (Lipinski definition) is 5. The van der Waals surface area contributed by atoms with E-state index in [-0.39, 0.29) is 17.4 Å². The SMILES string of the molecule is COc1cc(Br)c(/C=C2\SC(Nc3ccccc3)N([C@@H]3CCCC[C@H]3C)C2=O)cc1OC. The molecule has 1 aliphatic carbocycles. The van der Waals surface area contributed by atoms with Gasteiger partial charge in [-0.15, -0.1) is 0 Å². The van der Waals surface area contributed by atoms with Crippen LogP contribution in [0.15, 0.2) is 51.8 Å². The average molecular weight is 517 g/mol. The molecule has 0 bridgehead atoms. The van der Waals surface area contributed by atoms with Crippen LogP contribution in [0.2, 0.25) is 0 Å². The molecular formula is C25H29BrN2O3S. The van der Waals surface area contributed by atoms with Gasteiger partial charge >= 0.3 is 0 Å². The summed E-state index contributed by atoms with van der Waals surface area (Å²) in [6.45, 7) is 2.27. The Morgan fingerprint density at radius 2 is 1.78 bits per heavy atom. The van der Waals surface area contributed by atoms with Crippen molar-refractivity contribution >= 4 is 45.4 Å². The molecule has 170 valence electrons. The minimum atomic E-state index is -0.138. The quantitative estimate of drug-likeness (QED) is 0.452. The Labute approximate surface area is 202 Å². The van der Waals surface area contributed by atoms with E-state index in [4.69, 9.17) is 9.47 Å². The highest BCUT2D eigenvalue weighted by Crippen LogP contribution is 2.43. The van der Waals surface area contributed by atoms with Gasteiger partial charge in [0.25, 0.3) is 5.91 Å². The highest BCUT2D eigenvalue weighted by Gasteiger charge is 2.43. The van der Waals surface area contributed by atoms with Gasteiger partial charge < -0.3 is 19.7 Å². The Bertz CT molecular complexity index is 998. The summed E-state index contributed by atoms with van der Waals surface area (Å²) in [6, 6.07) is 14.1. The zero-order chi connectivity index (χ0) is 22.7. The van der Waals surface area contributed by atoms with Gasteiger partial charge in [0.05, 0.1) is 19.1 Å². The van der Waals surface area contributed by atoms with E-state index in [1.807, 2.05) is 48.5 Å². The Morgan fingerprint density at radius 1 is 1.09 bits per heavy atom. The molecule has 0 aromatic heterocycles. The largest absolute Gasteiger partial charge is 0.493 e. The number of nitrogens with one attached hydrogen (secondary N) is 1. The molecule has 1 heterocycles. The second-order valence-electron chi connectivity index (χ2n) is 8.26. The van der Waals surface area contributed by atoms with Crippen LogP contribution in [0.4, 0.5) is 5.69 Å². The molecule has 1 saturated carbocycles. The molecule has 32 heavy (non-hydrogen) atoms. The molecule has 0 spiro atoms. The Hall–Kier alpha value is -2.12. The Balaban J connectivity index is 1.68. The number of methoxy groups -OCH3 is 2. The molecule has 7 heteroatoms. The number of benzene rings is 2. The number of ether oxygens (including phenoxy) is 2. The summed E-state index contributed by atoms with van der Waals surface area (Å²) < 4.78 is 11.7. The molecule has 2 aliphatic rings. The van der Waals surface area contributed by atoms with Crippen LogP contribution >= 0.6 is 27.7 Å². The van der Waals surface area contributed by atoms with Crippen molar-refractivity contribution in [3.05, 3.63) is 57.4 Å². The Morgan fingerprint density at radius 3 is 2.47 bits per heavy atom. The van der Waals surface area contributed by atoms with E-state index in [2.05, 4.69) is 33.1 Å². The Kier molecular flexibility index (Phi) is 7.36. The van der Waals surface area contributed by atoms with E-state index in [0.717, 1.165) is 33.5 Å². The van der Waals surface area contributed by atoms with E-state index >= 15 is 0 Å². The van der Waals surface area contributed by atoms with Crippen LogP contribution in [0.1, 0.15) is 38.2 Å². The third-order valence-electron chi connectivity index (χ3n) is 6.21. The van der Waals surface area contributed by atoms with Gasteiger partial charge in [0.2, 0.25) is 0 Å². The molecule has 1 unspecified atom stereocenters. The summed E-state index contributed by atoms with van der Waals surface area (Å²) in [6.07, 6.45) is 6.57. The average Bonchev–Trinajstić information content (AvgIpc) is 3.10. The summed E-state index contributed by atoms with van der Waals surface area (Å²) in [5.74, 6) is 1.85. The number of nitrogens with zero attached hydrogens (tertiary/aromatic N) is 1. The number of carbonyl (C=O) groups excluding carboxylic acids is 1. The van der Waals surface area contributed by atoms with E-state index in [1.54, 1.807) is 26.0 Å². The van der Waals surface area contributed by atoms with Crippen molar-refractivity contribution in [2.45, 2.75) is 44.1 Å². The van der Waals surface area contributed by atoms with Crippen LogP contribution in [0.25, 0.3) is 6.08 Å². The van der Waals surface area contributed by atoms with Crippen molar-refractivity contribution in [2.75, 3.05) is 19.5 Å². The maximum Gasteiger partial charge on any atom is 0.262 e. The summed E-state index contributed by atoms with van der Waals surface area (Å²) in [5.41, 5.74) is 1.76. The van der Waals surface area contributed by atoms with Gasteiger partial charge in [-0.05, 0) is 54.7 Å². The summed E-state index contributed by atoms with van der Waals surface area (Å²) in [4.78, 5) is 16.5. The van der Waals surface area contributed by atoms with Crippen molar-refractivity contribution in [3.8, 4) is 11.5 Å². The lowest BCUT2D eigenvalue weighted by atomic mass is 9.85. The van der Waals surface area contributed by atoms with Crippen LogP contribution in [0.5, 0.6) is 11.5 Å². The van der Waals surface area contributed by atoms with Crippen LogP contribution in [0, 0.1) is 5.92 Å². The van der Waals surface area contributed by atoms with Gasteiger partial charge in [-0.1, -0.05) is 65.7 Å². The number of anilines is 1. The van der Waals surface area contributed by atoms with Crippen molar-refractivity contribution in [1.82, 2.24) is 4.90 Å². The molecule has 0 radical (unpaired) electrons. The van der Waals surface area contributed by atoms with E-state index in [9.17, 15) is 4.79 Å². The molecule has 1 N–H and O–H groups in total. The fourth-order valence-electron chi connectivity index (χ4n) is 4.49. The van der Waals surface area contributed by atoms with Gasteiger partial charge in [-0.25, -0.2) is 0 Å². The molecule has 2 aromatic rings. The minimum Gasteiger partial charge on any atom is -0.493 e. The third-order valence-corrected chi connectivity index (χ3v) is 8.01. The zero-order valence-electron chi connectivity index (χ0n) is 18.6. The molecule has 4 rings (SSSR count). The van der Waals surface area contributed by atoms with Crippen LogP contribution in [0.3, 0.4) is 0 Å². The first-order chi connectivity index (χ1) is 15.5. The number of hydrogen-bond donors (Lipinski definition) is 1. The summed E-state index contributed by atoms with van der Waals surface area (Å²) in [7, 11) is 3.23. The lowest BCUT2D eigenvalue weighted by molar-refractivity contribution is -0.129. The molecule has 2 fully saturated rings. The van der Waals surface area contributed by atoms with E-state index in [0.29, 0.717) is 17.4 Å². The second-order valence-corrected chi connectivity index (χ2v) is 10.2. The fraction of sp³-hybridized carbons (Fsp3) is 0.400. The minimum absolute atomic E-state index is 0.0869. The predicted octanol–water partition coefficient (Wildman–Crippen LogP) is 6.36. The van der Waals surface area contributed by atoms with Crippen molar-refractivity contribution in [2.24, 2.45) is 5.92 Å². The monoisotopic (exact) mass is 516 g/mol. The number of halogens is 1. The number of rotatable bonds is 6. The third kappa shape index (κ3) is 4.79. The smallest absolute Gasteiger partial charge is 0.262 e. The van der Waals surface area contributed by atoms with Gasteiger partial charge in [0.1, 0.15) is 0 Å². The standard InChI is InChI=1S/C25H29BrN2O3S/c1-16-9-7-8-12-20(16)28-24(29)23(32-25(28)27-18-10-5-4-6-11-18)14-17-13-21(30-2)22(31-3)15-19(17)26/h4-6,10-11,13-16,20,25,27H,7-9,12H2,1-3H3/b23-14-/t16-,20-,25?/m1/s1. The van der Waals surface area contributed by atoms with E-state index < -0.39 is 0 Å². The highest BCUT2D eigenvalue weighted by molar-refractivity contribution is 9.10. The molecule has 1 amide bonds. The van der Waals surface area contributed by atoms with E-state index in [1.165, 1.54) is 12.8 Å². The van der Waals surface area contributed by atoms with Gasteiger partial charge in [-0.2, -0.15) is 0 Å². The maximum atomic E-state index is 13.7. The first-order valence-electron chi connectivity index (χ1n) is 11.0. The van der Waals surface area contributed by atoms with Crippen LogP contribution < -0.4 is 14.8 Å². The topological polar surface area (TPSA) is 50.8 Å². The van der Waals surface area contributed by atoms with Crippen LogP contribution in [-0.4, -0.2) is 36.6 Å². The molecule has 1 saturated heterocycles. The number of para-hydroxylation sites is 1. The molecule has 1 aliphatic heterocycles. The first-order valence-corrected chi connectivity index (χ1v) is 12.6. The lowest BCUT2D eigenvalue weighted by Gasteiger charge is -2.39. The number of carbonyl (C=O) groups is 1. The molecule has 3 atom stereocenters. The van der Waals surface area contributed by atoms with Crippen LogP contribution in [-0.2, 0) is 4.79 Å². The maximum absolute atomic E-state index is 13.7. The fourth-order valence-corrected chi connectivity index (χ4v) is 6.13. The van der Waals surface area contributed by atoms with Crippen molar-refractivity contribution < 1.29 is 14.3 Å². The number of amides is 1. The van der Waals surface area contributed by atoms with Crippen molar-refractivity contribution in [3.63, 3.8) is 0 Å². The lowest BCUT2D eigenvalue weighted by Crippen LogP contribution is -2.48. The zero-order valence-corrected chi connectivity index (χ0v) is 21.0.